The van der Waals surface area contributed by atoms with Gasteiger partial charge in [0.05, 0.1) is 62.3 Å². The third-order valence-electron chi connectivity index (χ3n) is 12.0. The lowest BCUT2D eigenvalue weighted by Gasteiger charge is -2.35. The number of hydrogen-bond acceptors (Lipinski definition) is 11. The first-order chi connectivity index (χ1) is 30.5. The van der Waals surface area contributed by atoms with Crippen molar-refractivity contribution in [2.75, 3.05) is 51.3 Å². The molecule has 0 bridgehead atoms. The summed E-state index contributed by atoms with van der Waals surface area (Å²) in [6.45, 7) is 2.44. The zero-order valence-corrected chi connectivity index (χ0v) is 35.0. The van der Waals surface area contributed by atoms with E-state index in [1.54, 1.807) is 28.4 Å². The highest BCUT2D eigenvalue weighted by atomic mass is 16.5. The Hall–Kier alpha value is -7.53. The van der Waals surface area contributed by atoms with E-state index >= 15 is 4.79 Å². The molecular formula is C51H44N6O5. The lowest BCUT2D eigenvalue weighted by Crippen LogP contribution is -2.34. The minimum absolute atomic E-state index is 0.245. The number of nitrogens with zero attached hydrogens (tertiary/aromatic N) is 6. The fourth-order valence-corrected chi connectivity index (χ4v) is 9.04. The second-order valence-corrected chi connectivity index (χ2v) is 15.5. The maximum absolute atomic E-state index is 16.9. The smallest absolute Gasteiger partial charge is 0.258 e. The standard InChI is InChI=1S/C51H44N6O5/c1-59-39-27-37-41(45(56-25-23-31-15-11-13-21-35(31)29-56)43(33-17-7-5-8-18-33)52-48(37)54-50(39)61-3)47(58)42-38-28-40(60-2)51(62-4)55-49(38)53-44(34-19-9-6-10-20-34)46(42)57-26-24-32-16-12-14-22-36(32)30-57/h5-22,27-28H,23-26,29-30H2,1-4H3. The predicted octanol–water partition coefficient (Wildman–Crippen LogP) is 9.30. The maximum Gasteiger partial charge on any atom is 0.258 e. The number of anilines is 2. The van der Waals surface area contributed by atoms with Crippen molar-refractivity contribution in [2.24, 2.45) is 0 Å². The highest BCUT2D eigenvalue weighted by Crippen LogP contribution is 2.47. The number of carbonyl (C=O) groups excluding carboxylic acids is 1. The first-order valence-electron chi connectivity index (χ1n) is 20.7. The van der Waals surface area contributed by atoms with Crippen LogP contribution in [0.25, 0.3) is 44.6 Å². The van der Waals surface area contributed by atoms with Crippen molar-refractivity contribution in [3.05, 3.63) is 155 Å². The normalized spacial score (nSPS) is 13.4. The Balaban J connectivity index is 1.35. The van der Waals surface area contributed by atoms with E-state index < -0.39 is 0 Å². The average molecular weight is 821 g/mol. The number of methoxy groups -OCH3 is 4. The Labute approximate surface area is 359 Å². The zero-order chi connectivity index (χ0) is 42.3. The average Bonchev–Trinajstić information content (AvgIpc) is 3.34. The molecular weight excluding hydrogens is 777 g/mol. The Morgan fingerprint density at radius 2 is 0.871 bits per heavy atom. The molecule has 4 aromatic heterocycles. The Morgan fingerprint density at radius 3 is 1.26 bits per heavy atom. The minimum Gasteiger partial charge on any atom is -0.491 e. The van der Waals surface area contributed by atoms with Crippen LogP contribution < -0.4 is 28.7 Å². The molecule has 0 atom stereocenters. The van der Waals surface area contributed by atoms with E-state index in [0.29, 0.717) is 93.6 Å². The van der Waals surface area contributed by atoms with Gasteiger partial charge in [-0.1, -0.05) is 109 Å². The summed E-state index contributed by atoms with van der Waals surface area (Å²) >= 11 is 0. The van der Waals surface area contributed by atoms with Gasteiger partial charge in [-0.25, -0.2) is 9.97 Å². The molecule has 0 amide bonds. The van der Waals surface area contributed by atoms with Crippen molar-refractivity contribution >= 4 is 39.2 Å². The van der Waals surface area contributed by atoms with Gasteiger partial charge in [-0.05, 0) is 47.2 Å². The van der Waals surface area contributed by atoms with Crippen molar-refractivity contribution in [1.29, 1.82) is 0 Å². The third-order valence-corrected chi connectivity index (χ3v) is 12.0. The van der Waals surface area contributed by atoms with Gasteiger partial charge in [0.1, 0.15) is 0 Å². The number of pyridine rings is 4. The summed E-state index contributed by atoms with van der Waals surface area (Å²) in [7, 11) is 6.24. The molecule has 0 saturated carbocycles. The molecule has 2 aliphatic rings. The first-order valence-corrected chi connectivity index (χ1v) is 20.7. The van der Waals surface area contributed by atoms with E-state index in [9.17, 15) is 0 Å². The quantitative estimate of drug-likeness (QED) is 0.123. The molecule has 0 aliphatic carbocycles. The number of rotatable bonds is 10. The summed E-state index contributed by atoms with van der Waals surface area (Å²) in [6, 6.07) is 40.7. The summed E-state index contributed by atoms with van der Waals surface area (Å²) in [5.41, 5.74) is 10.9. The Morgan fingerprint density at radius 1 is 0.484 bits per heavy atom. The second kappa shape index (κ2) is 16.2. The molecule has 62 heavy (non-hydrogen) atoms. The number of benzene rings is 4. The van der Waals surface area contributed by atoms with Gasteiger partial charge in [-0.15, -0.1) is 0 Å². The van der Waals surface area contributed by atoms with Gasteiger partial charge in [0.15, 0.2) is 28.6 Å². The van der Waals surface area contributed by atoms with Crippen LogP contribution in [0.4, 0.5) is 11.4 Å². The maximum atomic E-state index is 16.9. The topological polar surface area (TPSA) is 112 Å². The monoisotopic (exact) mass is 820 g/mol. The van der Waals surface area contributed by atoms with Crippen LogP contribution in [0.2, 0.25) is 0 Å². The summed E-state index contributed by atoms with van der Waals surface area (Å²) in [4.78, 5) is 41.9. The second-order valence-electron chi connectivity index (χ2n) is 15.5. The molecule has 11 heteroatoms. The van der Waals surface area contributed by atoms with Gasteiger partial charge in [-0.2, -0.15) is 9.97 Å². The SMILES string of the molecule is COc1cc2c(C(=O)c3c(N4CCc5ccccc5C4)c(-c4ccccc4)nc4nc(OC)c(OC)cc34)c(N3CCc4ccccc4C3)c(-c3ccccc3)nc2nc1OC. The minimum atomic E-state index is -0.245. The van der Waals surface area contributed by atoms with Crippen molar-refractivity contribution in [3.8, 4) is 45.8 Å². The summed E-state index contributed by atoms with van der Waals surface area (Å²) < 4.78 is 23.2. The van der Waals surface area contributed by atoms with Crippen molar-refractivity contribution in [1.82, 2.24) is 19.9 Å². The molecule has 0 spiro atoms. The fourth-order valence-electron chi connectivity index (χ4n) is 9.04. The van der Waals surface area contributed by atoms with Gasteiger partial charge >= 0.3 is 0 Å². The van der Waals surface area contributed by atoms with Gasteiger partial charge < -0.3 is 28.7 Å². The summed E-state index contributed by atoms with van der Waals surface area (Å²) in [5.74, 6) is 1.04. The molecule has 0 N–H and O–H groups in total. The lowest BCUT2D eigenvalue weighted by atomic mass is 9.89. The number of carbonyl (C=O) groups is 1. The van der Waals surface area contributed by atoms with Gasteiger partial charge in [-0.3, -0.25) is 4.79 Å². The fraction of sp³-hybridized carbons (Fsp3) is 0.196. The first kappa shape index (κ1) is 38.7. The van der Waals surface area contributed by atoms with Crippen molar-refractivity contribution in [3.63, 3.8) is 0 Å². The zero-order valence-electron chi connectivity index (χ0n) is 35.0. The molecule has 308 valence electrons. The van der Waals surface area contributed by atoms with Crippen LogP contribution in [0.5, 0.6) is 23.3 Å². The van der Waals surface area contributed by atoms with Crippen LogP contribution in [-0.4, -0.2) is 67.2 Å². The van der Waals surface area contributed by atoms with Crippen LogP contribution in [0, 0.1) is 0 Å². The highest BCUT2D eigenvalue weighted by molar-refractivity contribution is 6.28. The van der Waals surface area contributed by atoms with Gasteiger partial charge in [0.25, 0.3) is 11.8 Å². The van der Waals surface area contributed by atoms with E-state index in [1.807, 2.05) is 72.8 Å². The van der Waals surface area contributed by atoms with Crippen LogP contribution >= 0.6 is 0 Å². The van der Waals surface area contributed by atoms with Crippen LogP contribution in [0.15, 0.2) is 121 Å². The summed E-state index contributed by atoms with van der Waals surface area (Å²) in [5, 5.41) is 1.05. The van der Waals surface area contributed by atoms with Gasteiger partial charge in [0, 0.05) is 48.1 Å². The number of ether oxygens (including phenoxy) is 4. The number of fused-ring (bicyclic) bond motifs is 4. The molecule has 0 radical (unpaired) electrons. The molecule has 0 saturated heterocycles. The third kappa shape index (κ3) is 6.66. The number of ketones is 1. The molecule has 8 aromatic rings. The molecule has 10 rings (SSSR count). The highest BCUT2D eigenvalue weighted by Gasteiger charge is 2.35. The summed E-state index contributed by atoms with van der Waals surface area (Å²) in [6.07, 6.45) is 1.58. The molecule has 0 unspecified atom stereocenters. The number of hydrogen-bond donors (Lipinski definition) is 0. The Bertz CT molecular complexity index is 2810. The number of aromatic nitrogens is 4. The van der Waals surface area contributed by atoms with E-state index in [2.05, 4.69) is 58.3 Å². The van der Waals surface area contributed by atoms with Gasteiger partial charge in [0.2, 0.25) is 0 Å². The van der Waals surface area contributed by atoms with E-state index in [4.69, 9.17) is 38.9 Å². The van der Waals surface area contributed by atoms with Crippen molar-refractivity contribution in [2.45, 2.75) is 25.9 Å². The van der Waals surface area contributed by atoms with Crippen LogP contribution in [0.1, 0.15) is 38.2 Å². The van der Waals surface area contributed by atoms with Crippen molar-refractivity contribution < 1.29 is 23.7 Å². The van der Waals surface area contributed by atoms with E-state index in [1.165, 1.54) is 22.3 Å². The molecule has 6 heterocycles. The predicted molar refractivity (Wildman–Crippen MR) is 242 cm³/mol. The molecule has 11 nitrogen and oxygen atoms in total. The van der Waals surface area contributed by atoms with Crippen LogP contribution in [-0.2, 0) is 25.9 Å². The van der Waals surface area contributed by atoms with E-state index in [0.717, 1.165) is 24.0 Å². The molecule has 2 aliphatic heterocycles. The van der Waals surface area contributed by atoms with Crippen LogP contribution in [0.3, 0.4) is 0 Å². The van der Waals surface area contributed by atoms with E-state index in [-0.39, 0.29) is 17.5 Å². The Kier molecular flexibility index (Phi) is 10.1. The largest absolute Gasteiger partial charge is 0.491 e. The molecule has 4 aromatic carbocycles. The lowest BCUT2D eigenvalue weighted by molar-refractivity contribution is 0.104. The molecule has 0 fully saturated rings.